The summed E-state index contributed by atoms with van der Waals surface area (Å²) in [6.07, 6.45) is 1.26. The predicted molar refractivity (Wildman–Crippen MR) is 106 cm³/mol. The van der Waals surface area contributed by atoms with Gasteiger partial charge in [-0.3, -0.25) is 9.69 Å². The van der Waals surface area contributed by atoms with Crippen molar-refractivity contribution >= 4 is 22.3 Å². The number of fused-ring (bicyclic) bond motifs is 1. The van der Waals surface area contributed by atoms with Crippen LogP contribution in [0.3, 0.4) is 0 Å². The number of piperidine rings is 1. The zero-order valence-corrected chi connectivity index (χ0v) is 17.2. The molecule has 1 aliphatic heterocycles. The number of halogens is 1. The fourth-order valence-electron chi connectivity index (χ4n) is 3.88. The summed E-state index contributed by atoms with van der Waals surface area (Å²) in [5.74, 6) is -0.112. The summed E-state index contributed by atoms with van der Waals surface area (Å²) in [6, 6.07) is 6.11. The van der Waals surface area contributed by atoms with E-state index in [-0.39, 0.29) is 23.6 Å². The Hall–Kier alpha value is -2.52. The highest BCUT2D eigenvalue weighted by Gasteiger charge is 2.35. The van der Waals surface area contributed by atoms with E-state index >= 15 is 0 Å². The molecule has 1 aromatic carbocycles. The van der Waals surface area contributed by atoms with Crippen LogP contribution in [0.4, 0.5) is 4.39 Å². The van der Waals surface area contributed by atoms with Crippen molar-refractivity contribution < 1.29 is 19.0 Å². The van der Waals surface area contributed by atoms with Gasteiger partial charge in [-0.1, -0.05) is 29.5 Å². The van der Waals surface area contributed by atoms with Gasteiger partial charge in [-0.15, -0.1) is 5.10 Å². The molecule has 0 aliphatic carbocycles. The minimum absolute atomic E-state index is 0.0219. The Labute approximate surface area is 171 Å². The summed E-state index contributed by atoms with van der Waals surface area (Å²) in [5, 5.41) is 15.0. The van der Waals surface area contributed by atoms with Crippen LogP contribution in [0.15, 0.2) is 24.3 Å². The second kappa shape index (κ2) is 8.08. The van der Waals surface area contributed by atoms with E-state index in [9.17, 15) is 14.3 Å². The van der Waals surface area contributed by atoms with Gasteiger partial charge in [0.05, 0.1) is 23.4 Å². The Morgan fingerprint density at radius 3 is 2.76 bits per heavy atom. The maximum absolute atomic E-state index is 14.7. The van der Waals surface area contributed by atoms with Crippen LogP contribution in [0, 0.1) is 18.7 Å². The first-order valence-corrected chi connectivity index (χ1v) is 10.5. The molecule has 1 saturated heterocycles. The van der Waals surface area contributed by atoms with E-state index in [0.29, 0.717) is 53.8 Å². The number of ether oxygens (including phenoxy) is 1. The van der Waals surface area contributed by atoms with Gasteiger partial charge in [0.1, 0.15) is 11.6 Å². The summed E-state index contributed by atoms with van der Waals surface area (Å²) in [5.41, 5.74) is 0.485. The smallest absolute Gasteiger partial charge is 0.309 e. The first-order chi connectivity index (χ1) is 14.0. The highest BCUT2D eigenvalue weighted by molar-refractivity contribution is 7.17. The van der Waals surface area contributed by atoms with Gasteiger partial charge in [-0.05, 0) is 45.8 Å². The number of carbonyl (C=O) groups excluding carboxylic acids is 1. The monoisotopic (exact) mass is 418 g/mol. The van der Waals surface area contributed by atoms with Crippen LogP contribution < -0.4 is 0 Å². The molecule has 9 heteroatoms. The third-order valence-electron chi connectivity index (χ3n) is 5.27. The molecule has 0 spiro atoms. The number of benzene rings is 1. The molecule has 1 N–H and O–H groups in total. The number of thiazole rings is 1. The number of esters is 1. The molecule has 1 aliphatic rings. The zero-order valence-electron chi connectivity index (χ0n) is 16.3. The molecular weight excluding hydrogens is 395 g/mol. The van der Waals surface area contributed by atoms with Crippen LogP contribution in [-0.2, 0) is 9.53 Å². The molecule has 1 atom stereocenters. The van der Waals surface area contributed by atoms with Crippen molar-refractivity contribution in [1.82, 2.24) is 19.5 Å². The van der Waals surface area contributed by atoms with E-state index in [0.717, 1.165) is 0 Å². The summed E-state index contributed by atoms with van der Waals surface area (Å²) in [6.45, 7) is 5.11. The topological polar surface area (TPSA) is 80.0 Å². The second-order valence-corrected chi connectivity index (χ2v) is 8.14. The molecule has 0 radical (unpaired) electrons. The lowest BCUT2D eigenvalue weighted by Gasteiger charge is -2.36. The molecule has 1 fully saturated rings. The summed E-state index contributed by atoms with van der Waals surface area (Å²) < 4.78 is 21.3. The number of hydrogen-bond donors (Lipinski definition) is 1. The molecule has 0 saturated carbocycles. The SMILES string of the molecule is CCOC(=O)C1CCN([C@@H](c2ccccc2F)c2sc3nc(C)nn3c2O)CC1. The summed E-state index contributed by atoms with van der Waals surface area (Å²) in [7, 11) is 0. The van der Waals surface area contributed by atoms with Crippen LogP contribution in [-0.4, -0.2) is 50.3 Å². The average Bonchev–Trinajstić information content (AvgIpc) is 3.22. The Morgan fingerprint density at radius 1 is 1.38 bits per heavy atom. The fourth-order valence-corrected chi connectivity index (χ4v) is 5.03. The van der Waals surface area contributed by atoms with E-state index in [4.69, 9.17) is 4.74 Å². The Morgan fingerprint density at radius 2 is 2.10 bits per heavy atom. The van der Waals surface area contributed by atoms with Crippen LogP contribution in [0.1, 0.15) is 42.1 Å². The Balaban J connectivity index is 1.69. The predicted octanol–water partition coefficient (Wildman–Crippen LogP) is 3.31. The quantitative estimate of drug-likeness (QED) is 0.641. The number of aromatic nitrogens is 3. The molecule has 4 rings (SSSR count). The second-order valence-electron chi connectivity index (χ2n) is 7.13. The molecule has 3 heterocycles. The van der Waals surface area contributed by atoms with Gasteiger partial charge < -0.3 is 9.84 Å². The average molecular weight is 418 g/mol. The van der Waals surface area contributed by atoms with E-state index in [1.54, 1.807) is 32.0 Å². The fraction of sp³-hybridized carbons (Fsp3) is 0.450. The first kappa shape index (κ1) is 19.8. The van der Waals surface area contributed by atoms with Crippen molar-refractivity contribution in [3.63, 3.8) is 0 Å². The molecule has 3 aromatic rings. The zero-order chi connectivity index (χ0) is 20.5. The molecule has 154 valence electrons. The number of carbonyl (C=O) groups is 1. The van der Waals surface area contributed by atoms with Gasteiger partial charge in [0.2, 0.25) is 10.8 Å². The number of hydrogen-bond acceptors (Lipinski definition) is 7. The van der Waals surface area contributed by atoms with E-state index in [1.165, 1.54) is 21.9 Å². The van der Waals surface area contributed by atoms with Crippen LogP contribution in [0.2, 0.25) is 0 Å². The van der Waals surface area contributed by atoms with Crippen molar-refractivity contribution in [1.29, 1.82) is 0 Å². The van der Waals surface area contributed by atoms with E-state index < -0.39 is 6.04 Å². The van der Waals surface area contributed by atoms with Crippen molar-refractivity contribution in [2.75, 3.05) is 19.7 Å². The van der Waals surface area contributed by atoms with Crippen molar-refractivity contribution in [3.8, 4) is 5.88 Å². The lowest BCUT2D eigenvalue weighted by atomic mass is 9.93. The van der Waals surface area contributed by atoms with Crippen LogP contribution >= 0.6 is 11.3 Å². The largest absolute Gasteiger partial charge is 0.492 e. The lowest BCUT2D eigenvalue weighted by molar-refractivity contribution is -0.149. The Kier molecular flexibility index (Phi) is 5.51. The molecule has 0 amide bonds. The molecule has 2 aromatic heterocycles. The van der Waals surface area contributed by atoms with Gasteiger partial charge in [0, 0.05) is 5.56 Å². The normalized spacial score (nSPS) is 16.9. The standard InChI is InChI=1S/C20H23FN4O3S/c1-3-28-19(27)13-8-10-24(11-9-13)16(14-6-4-5-7-15(14)21)17-18(26)25-20(29-17)22-12(2)23-25/h4-7,13,16,26H,3,8-11H2,1-2H3/t16-/m0/s1. The maximum atomic E-state index is 14.7. The molecule has 29 heavy (non-hydrogen) atoms. The van der Waals surface area contributed by atoms with Gasteiger partial charge in [0.25, 0.3) is 0 Å². The minimum atomic E-state index is -0.479. The van der Waals surface area contributed by atoms with Crippen molar-refractivity contribution in [2.45, 2.75) is 32.7 Å². The lowest BCUT2D eigenvalue weighted by Crippen LogP contribution is -2.39. The van der Waals surface area contributed by atoms with Crippen LogP contribution in [0.5, 0.6) is 5.88 Å². The molecule has 7 nitrogen and oxygen atoms in total. The number of rotatable bonds is 5. The first-order valence-electron chi connectivity index (χ1n) is 9.69. The number of likely N-dealkylation sites (tertiary alicyclic amines) is 1. The van der Waals surface area contributed by atoms with Crippen molar-refractivity contribution in [3.05, 3.63) is 46.3 Å². The maximum Gasteiger partial charge on any atom is 0.309 e. The highest BCUT2D eigenvalue weighted by atomic mass is 32.1. The number of aromatic hydroxyl groups is 1. The number of aryl methyl sites for hydroxylation is 1. The third-order valence-corrected chi connectivity index (χ3v) is 6.34. The van der Waals surface area contributed by atoms with Crippen molar-refractivity contribution in [2.24, 2.45) is 5.92 Å². The van der Waals surface area contributed by atoms with E-state index in [1.807, 2.05) is 0 Å². The van der Waals surface area contributed by atoms with Gasteiger partial charge in [-0.2, -0.15) is 4.52 Å². The van der Waals surface area contributed by atoms with Crippen LogP contribution in [0.25, 0.3) is 4.96 Å². The molecule has 0 bridgehead atoms. The van der Waals surface area contributed by atoms with E-state index in [2.05, 4.69) is 15.0 Å². The highest BCUT2D eigenvalue weighted by Crippen LogP contribution is 2.42. The molecule has 0 unspecified atom stereocenters. The van der Waals surface area contributed by atoms with Gasteiger partial charge >= 0.3 is 5.97 Å². The number of nitrogens with zero attached hydrogens (tertiary/aromatic N) is 4. The molecular formula is C20H23FN4O3S. The minimum Gasteiger partial charge on any atom is -0.492 e. The summed E-state index contributed by atoms with van der Waals surface area (Å²) in [4.78, 5) is 19.7. The summed E-state index contributed by atoms with van der Waals surface area (Å²) >= 11 is 1.30. The van der Waals surface area contributed by atoms with Gasteiger partial charge in [-0.25, -0.2) is 9.37 Å². The van der Waals surface area contributed by atoms with Gasteiger partial charge in [0.15, 0.2) is 0 Å². The third kappa shape index (κ3) is 3.72. The Bertz CT molecular complexity index is 1030.